The zero-order valence-electron chi connectivity index (χ0n) is 11.7. The lowest BCUT2D eigenvalue weighted by molar-refractivity contribution is -0.0879. The lowest BCUT2D eigenvalue weighted by Gasteiger charge is -2.34. The van der Waals surface area contributed by atoms with Crippen LogP contribution in [-0.4, -0.2) is 18.1 Å². The third-order valence-electron chi connectivity index (χ3n) is 3.43. The quantitative estimate of drug-likeness (QED) is 0.813. The van der Waals surface area contributed by atoms with Crippen molar-refractivity contribution in [2.24, 2.45) is 5.92 Å². The van der Waals surface area contributed by atoms with E-state index in [0.717, 1.165) is 0 Å². The molecule has 1 rings (SSSR count). The molecule has 0 saturated carbocycles. The highest BCUT2D eigenvalue weighted by Gasteiger charge is 2.39. The van der Waals surface area contributed by atoms with Gasteiger partial charge in [-0.15, -0.1) is 0 Å². The molecule has 0 aliphatic heterocycles. The van der Waals surface area contributed by atoms with Crippen molar-refractivity contribution in [3.8, 4) is 5.75 Å². The van der Waals surface area contributed by atoms with Crippen LogP contribution >= 0.6 is 0 Å². The van der Waals surface area contributed by atoms with Crippen molar-refractivity contribution in [3.63, 3.8) is 0 Å². The summed E-state index contributed by atoms with van der Waals surface area (Å²) in [4.78, 5) is 0. The zero-order valence-corrected chi connectivity index (χ0v) is 11.7. The topological polar surface area (TPSA) is 29.5 Å². The van der Waals surface area contributed by atoms with Gasteiger partial charge in [0.1, 0.15) is 5.75 Å². The van der Waals surface area contributed by atoms with Gasteiger partial charge in [-0.25, -0.2) is 8.78 Å². The molecule has 2 unspecified atom stereocenters. The molecule has 19 heavy (non-hydrogen) atoms. The summed E-state index contributed by atoms with van der Waals surface area (Å²) in [6.45, 7) is 5.68. The van der Waals surface area contributed by atoms with E-state index in [0.29, 0.717) is 30.8 Å². The minimum atomic E-state index is -2.55. The Balaban J connectivity index is 3.04. The van der Waals surface area contributed by atoms with Gasteiger partial charge in [-0.3, -0.25) is 0 Å². The van der Waals surface area contributed by atoms with Gasteiger partial charge in [0.2, 0.25) is 6.43 Å². The number of ether oxygens (including phenoxy) is 1. The summed E-state index contributed by atoms with van der Waals surface area (Å²) in [5.41, 5.74) is -0.973. The van der Waals surface area contributed by atoms with Crippen molar-refractivity contribution < 1.29 is 18.6 Å². The van der Waals surface area contributed by atoms with Crippen molar-refractivity contribution >= 4 is 0 Å². The number of rotatable bonds is 7. The first-order valence-electron chi connectivity index (χ1n) is 6.69. The van der Waals surface area contributed by atoms with Crippen LogP contribution in [0, 0.1) is 5.92 Å². The lowest BCUT2D eigenvalue weighted by atomic mass is 9.79. The SMILES string of the molecule is CCCC(O)(c1ccc(OCC)cc1)C(C)C(F)F. The standard InChI is InChI=1S/C15H22F2O2/c1-4-10-15(18,11(3)14(16)17)12-6-8-13(9-7-12)19-5-2/h6-9,11,14,18H,4-5,10H2,1-3H3. The van der Waals surface area contributed by atoms with E-state index in [9.17, 15) is 13.9 Å². The van der Waals surface area contributed by atoms with Crippen LogP contribution in [0.2, 0.25) is 0 Å². The third kappa shape index (κ3) is 3.66. The molecule has 2 nitrogen and oxygen atoms in total. The Bertz CT molecular complexity index is 378. The van der Waals surface area contributed by atoms with E-state index in [-0.39, 0.29) is 0 Å². The summed E-state index contributed by atoms with van der Waals surface area (Å²) in [5.74, 6) is -0.430. The van der Waals surface area contributed by atoms with E-state index in [4.69, 9.17) is 4.74 Å². The fraction of sp³-hybridized carbons (Fsp3) is 0.600. The van der Waals surface area contributed by atoms with Gasteiger partial charge in [0, 0.05) is 0 Å². The predicted octanol–water partition coefficient (Wildman–Crippen LogP) is 3.97. The van der Waals surface area contributed by atoms with E-state index >= 15 is 0 Å². The third-order valence-corrected chi connectivity index (χ3v) is 3.43. The molecule has 108 valence electrons. The monoisotopic (exact) mass is 272 g/mol. The molecule has 4 heteroatoms. The highest BCUT2D eigenvalue weighted by molar-refractivity contribution is 5.31. The van der Waals surface area contributed by atoms with Gasteiger partial charge in [-0.1, -0.05) is 32.4 Å². The first kappa shape index (κ1) is 15.9. The number of benzene rings is 1. The van der Waals surface area contributed by atoms with Crippen LogP contribution in [0.1, 0.15) is 39.2 Å². The van der Waals surface area contributed by atoms with Gasteiger partial charge >= 0.3 is 0 Å². The van der Waals surface area contributed by atoms with E-state index < -0.39 is 17.9 Å². The summed E-state index contributed by atoms with van der Waals surface area (Å²) in [5, 5.41) is 10.6. The van der Waals surface area contributed by atoms with Crippen molar-refractivity contribution in [3.05, 3.63) is 29.8 Å². The first-order chi connectivity index (χ1) is 8.95. The number of hydrogen-bond donors (Lipinski definition) is 1. The maximum absolute atomic E-state index is 12.9. The van der Waals surface area contributed by atoms with Crippen molar-refractivity contribution in [1.82, 2.24) is 0 Å². The highest BCUT2D eigenvalue weighted by atomic mass is 19.3. The van der Waals surface area contributed by atoms with E-state index in [1.165, 1.54) is 6.92 Å². The smallest absolute Gasteiger partial charge is 0.244 e. The zero-order chi connectivity index (χ0) is 14.5. The molecule has 0 amide bonds. The maximum atomic E-state index is 12.9. The summed E-state index contributed by atoms with van der Waals surface area (Å²) in [6.07, 6.45) is -1.60. The average Bonchev–Trinajstić information content (AvgIpc) is 2.39. The number of alkyl halides is 2. The number of hydrogen-bond acceptors (Lipinski definition) is 2. The predicted molar refractivity (Wildman–Crippen MR) is 71.6 cm³/mol. The van der Waals surface area contributed by atoms with Crippen LogP contribution in [-0.2, 0) is 5.60 Å². The van der Waals surface area contributed by atoms with Crippen molar-refractivity contribution in [2.45, 2.75) is 45.6 Å². The summed E-state index contributed by atoms with van der Waals surface area (Å²) in [6, 6.07) is 6.74. The van der Waals surface area contributed by atoms with Gasteiger partial charge < -0.3 is 9.84 Å². The Kier molecular flexibility index (Phi) is 5.73. The Labute approximate surface area is 113 Å². The Morgan fingerprint density at radius 2 is 1.79 bits per heavy atom. The molecular weight excluding hydrogens is 250 g/mol. The van der Waals surface area contributed by atoms with Gasteiger partial charge in [-0.2, -0.15) is 0 Å². The molecular formula is C15H22F2O2. The summed E-state index contributed by atoms with van der Waals surface area (Å²) >= 11 is 0. The second-order valence-electron chi connectivity index (χ2n) is 4.75. The van der Waals surface area contributed by atoms with E-state index in [1.807, 2.05) is 13.8 Å². The van der Waals surface area contributed by atoms with Crippen molar-refractivity contribution in [2.75, 3.05) is 6.61 Å². The number of aliphatic hydroxyl groups is 1. The van der Waals surface area contributed by atoms with Crippen molar-refractivity contribution in [1.29, 1.82) is 0 Å². The Morgan fingerprint density at radius 3 is 2.21 bits per heavy atom. The van der Waals surface area contributed by atoms with Crippen LogP contribution in [0.4, 0.5) is 8.78 Å². The number of halogens is 2. The normalized spacial score (nSPS) is 16.2. The average molecular weight is 272 g/mol. The minimum Gasteiger partial charge on any atom is -0.494 e. The molecule has 1 aromatic rings. The fourth-order valence-electron chi connectivity index (χ4n) is 2.23. The molecule has 0 aliphatic carbocycles. The largest absolute Gasteiger partial charge is 0.494 e. The molecule has 0 spiro atoms. The lowest BCUT2D eigenvalue weighted by Crippen LogP contribution is -2.37. The van der Waals surface area contributed by atoms with Crippen LogP contribution in [0.25, 0.3) is 0 Å². The van der Waals surface area contributed by atoms with E-state index in [1.54, 1.807) is 24.3 Å². The molecule has 0 aromatic heterocycles. The van der Waals surface area contributed by atoms with Crippen LogP contribution < -0.4 is 4.74 Å². The molecule has 0 bridgehead atoms. The summed E-state index contributed by atoms with van der Waals surface area (Å²) < 4.78 is 31.2. The highest BCUT2D eigenvalue weighted by Crippen LogP contribution is 2.38. The molecule has 0 aliphatic rings. The second-order valence-corrected chi connectivity index (χ2v) is 4.75. The first-order valence-corrected chi connectivity index (χ1v) is 6.69. The van der Waals surface area contributed by atoms with Gasteiger partial charge in [-0.05, 0) is 31.0 Å². The van der Waals surface area contributed by atoms with Gasteiger partial charge in [0.25, 0.3) is 0 Å². The van der Waals surface area contributed by atoms with Gasteiger partial charge in [0.15, 0.2) is 0 Å². The molecule has 0 radical (unpaired) electrons. The Morgan fingerprint density at radius 1 is 1.21 bits per heavy atom. The fourth-order valence-corrected chi connectivity index (χ4v) is 2.23. The van der Waals surface area contributed by atoms with Crippen LogP contribution in [0.3, 0.4) is 0 Å². The summed E-state index contributed by atoms with van der Waals surface area (Å²) in [7, 11) is 0. The minimum absolute atomic E-state index is 0.312. The molecule has 0 saturated heterocycles. The van der Waals surface area contributed by atoms with Crippen LogP contribution in [0.15, 0.2) is 24.3 Å². The van der Waals surface area contributed by atoms with Crippen LogP contribution in [0.5, 0.6) is 5.75 Å². The maximum Gasteiger partial charge on any atom is 0.244 e. The molecule has 0 heterocycles. The van der Waals surface area contributed by atoms with E-state index in [2.05, 4.69) is 0 Å². The Hall–Kier alpha value is -1.16. The molecule has 1 N–H and O–H groups in total. The molecule has 1 aromatic carbocycles. The molecule has 0 fully saturated rings. The van der Waals surface area contributed by atoms with Gasteiger partial charge in [0.05, 0.1) is 18.1 Å². The molecule has 2 atom stereocenters. The second kappa shape index (κ2) is 6.85.